The van der Waals surface area contributed by atoms with Crippen molar-refractivity contribution in [1.29, 1.82) is 0 Å². The number of hydrogen-bond donors (Lipinski definition) is 0. The molecule has 0 radical (unpaired) electrons. The molecule has 6 heteroatoms. The van der Waals surface area contributed by atoms with Crippen LogP contribution in [0.2, 0.25) is 0 Å². The topological polar surface area (TPSA) is 68.4 Å². The van der Waals surface area contributed by atoms with E-state index in [1.165, 1.54) is 4.90 Å². The van der Waals surface area contributed by atoms with Crippen molar-refractivity contribution in [3.8, 4) is 0 Å². The number of ether oxygens (including phenoxy) is 3. The predicted octanol–water partition coefficient (Wildman–Crippen LogP) is 1.22. The number of nitrogens with zero attached hydrogens (tertiary/aromatic N) is 1. The first-order chi connectivity index (χ1) is 12.1. The van der Waals surface area contributed by atoms with E-state index in [0.29, 0.717) is 12.3 Å². The molecule has 4 heterocycles. The van der Waals surface area contributed by atoms with E-state index in [1.54, 1.807) is 0 Å². The van der Waals surface area contributed by atoms with E-state index in [-0.39, 0.29) is 30.6 Å². The minimum atomic E-state index is -0.837. The molecule has 4 aliphatic rings. The molecule has 5 rings (SSSR count). The molecule has 1 aromatic rings. The third kappa shape index (κ3) is 2.21. The van der Waals surface area contributed by atoms with Crippen LogP contribution in [-0.4, -0.2) is 49.4 Å². The monoisotopic (exact) mass is 341 g/mol. The number of rotatable bonds is 5. The number of aryl methyl sites for hydroxylation is 1. The number of imide groups is 1. The summed E-state index contributed by atoms with van der Waals surface area (Å²) in [7, 11) is 0. The summed E-state index contributed by atoms with van der Waals surface area (Å²) >= 11 is 0. The molecule has 3 fully saturated rings. The highest BCUT2D eigenvalue weighted by Crippen LogP contribution is 2.52. The van der Waals surface area contributed by atoms with Crippen LogP contribution in [0.3, 0.4) is 0 Å². The third-order valence-electron chi connectivity index (χ3n) is 5.48. The van der Waals surface area contributed by atoms with Gasteiger partial charge in [-0.05, 0) is 19.1 Å². The fourth-order valence-electron chi connectivity index (χ4n) is 4.13. The smallest absolute Gasteiger partial charge is 0.241 e. The number of epoxide rings is 1. The molecule has 2 bridgehead atoms. The van der Waals surface area contributed by atoms with E-state index in [4.69, 9.17) is 14.2 Å². The van der Waals surface area contributed by atoms with Crippen molar-refractivity contribution in [2.24, 2.45) is 11.8 Å². The first kappa shape index (κ1) is 15.3. The minimum absolute atomic E-state index is 0.153. The van der Waals surface area contributed by atoms with Gasteiger partial charge in [-0.25, -0.2) is 4.90 Å². The molecule has 6 nitrogen and oxygen atoms in total. The first-order valence-electron chi connectivity index (χ1n) is 8.60. The normalized spacial score (nSPS) is 37.9. The maximum absolute atomic E-state index is 13.1. The molecule has 0 aliphatic carbocycles. The second-order valence-corrected chi connectivity index (χ2v) is 7.22. The van der Waals surface area contributed by atoms with Gasteiger partial charge in [0.25, 0.3) is 0 Å². The molecule has 4 aliphatic heterocycles. The molecule has 2 amide bonds. The Bertz CT molecular complexity index is 769. The lowest BCUT2D eigenvalue weighted by molar-refractivity contribution is -0.129. The molecule has 5 atom stereocenters. The lowest BCUT2D eigenvalue weighted by atomic mass is 9.77. The maximum atomic E-state index is 13.1. The van der Waals surface area contributed by atoms with Crippen molar-refractivity contribution in [2.45, 2.75) is 24.7 Å². The summed E-state index contributed by atoms with van der Waals surface area (Å²) in [6.45, 7) is 3.45. The Hall–Kier alpha value is -2.02. The van der Waals surface area contributed by atoms with Gasteiger partial charge >= 0.3 is 0 Å². The molecule has 0 N–H and O–H groups in total. The van der Waals surface area contributed by atoms with Gasteiger partial charge in [0.15, 0.2) is 0 Å². The van der Waals surface area contributed by atoms with E-state index in [9.17, 15) is 9.59 Å². The van der Waals surface area contributed by atoms with E-state index in [0.717, 1.165) is 12.2 Å². The zero-order valence-corrected chi connectivity index (χ0v) is 13.9. The van der Waals surface area contributed by atoms with Crippen molar-refractivity contribution in [3.63, 3.8) is 0 Å². The van der Waals surface area contributed by atoms with Crippen LogP contribution in [0.4, 0.5) is 5.69 Å². The van der Waals surface area contributed by atoms with Gasteiger partial charge in [0, 0.05) is 0 Å². The average molecular weight is 341 g/mol. The summed E-state index contributed by atoms with van der Waals surface area (Å²) in [5, 5.41) is 0. The van der Waals surface area contributed by atoms with E-state index < -0.39 is 17.4 Å². The largest absolute Gasteiger partial charge is 0.375 e. The Morgan fingerprint density at radius 2 is 2.00 bits per heavy atom. The minimum Gasteiger partial charge on any atom is -0.375 e. The molecular formula is C19H19NO5. The van der Waals surface area contributed by atoms with Crippen molar-refractivity contribution in [3.05, 3.63) is 42.0 Å². The van der Waals surface area contributed by atoms with E-state index in [2.05, 4.69) is 0 Å². The molecule has 130 valence electrons. The van der Waals surface area contributed by atoms with Crippen molar-refractivity contribution >= 4 is 17.5 Å². The molecule has 0 aromatic heterocycles. The van der Waals surface area contributed by atoms with Gasteiger partial charge in [-0.1, -0.05) is 29.8 Å². The SMILES string of the molecule is Cc1ccc(N2C(=O)[C@H]3[C@@H]4C=C[C@@](COC[C@@H]5CO5)(O4)[C@H]3C2=O)cc1. The van der Waals surface area contributed by atoms with Gasteiger partial charge in [-0.3, -0.25) is 9.59 Å². The van der Waals surface area contributed by atoms with Gasteiger partial charge in [0.1, 0.15) is 11.7 Å². The molecule has 0 spiro atoms. The second kappa shape index (κ2) is 5.24. The highest BCUT2D eigenvalue weighted by atomic mass is 16.6. The van der Waals surface area contributed by atoms with Crippen LogP contribution in [0.25, 0.3) is 0 Å². The Balaban J connectivity index is 1.43. The third-order valence-corrected chi connectivity index (χ3v) is 5.48. The van der Waals surface area contributed by atoms with Gasteiger partial charge in [0.2, 0.25) is 11.8 Å². The Kier molecular flexibility index (Phi) is 3.20. The van der Waals surface area contributed by atoms with Gasteiger partial charge in [-0.15, -0.1) is 0 Å². The van der Waals surface area contributed by atoms with Crippen LogP contribution in [0.5, 0.6) is 0 Å². The standard InChI is InChI=1S/C19H19NO5/c1-11-2-4-12(5-3-11)20-17(21)15-14-6-7-19(25-14,16(15)18(20)22)10-23-8-13-9-24-13/h2-7,13-16H,8-10H2,1H3/t13-,14+,15+,16-,19+/m1/s1. The molecule has 0 saturated carbocycles. The summed E-state index contributed by atoms with van der Waals surface area (Å²) in [5.41, 5.74) is 0.869. The average Bonchev–Trinajstić information content (AvgIpc) is 3.15. The summed E-state index contributed by atoms with van der Waals surface area (Å²) in [5.74, 6) is -1.35. The highest BCUT2D eigenvalue weighted by molar-refractivity contribution is 6.23. The number of fused-ring (bicyclic) bond motifs is 5. The molecular weight excluding hydrogens is 322 g/mol. The van der Waals surface area contributed by atoms with Crippen LogP contribution in [-0.2, 0) is 23.8 Å². The zero-order valence-electron chi connectivity index (χ0n) is 13.9. The summed E-state index contributed by atoms with van der Waals surface area (Å²) in [4.78, 5) is 27.4. The fraction of sp³-hybridized carbons (Fsp3) is 0.474. The number of benzene rings is 1. The number of carbonyl (C=O) groups is 2. The van der Waals surface area contributed by atoms with Crippen LogP contribution < -0.4 is 4.90 Å². The molecule has 3 saturated heterocycles. The van der Waals surface area contributed by atoms with Crippen molar-refractivity contribution in [2.75, 3.05) is 24.7 Å². The number of amides is 2. The highest BCUT2D eigenvalue weighted by Gasteiger charge is 2.67. The van der Waals surface area contributed by atoms with Crippen LogP contribution in [0.1, 0.15) is 5.56 Å². The summed E-state index contributed by atoms with van der Waals surface area (Å²) < 4.78 is 16.9. The van der Waals surface area contributed by atoms with Crippen LogP contribution >= 0.6 is 0 Å². The molecule has 1 aromatic carbocycles. The van der Waals surface area contributed by atoms with Gasteiger partial charge in [-0.2, -0.15) is 0 Å². The molecule has 0 unspecified atom stereocenters. The summed E-state index contributed by atoms with van der Waals surface area (Å²) in [6.07, 6.45) is 3.59. The number of carbonyl (C=O) groups excluding carboxylic acids is 2. The predicted molar refractivity (Wildman–Crippen MR) is 88.0 cm³/mol. The van der Waals surface area contributed by atoms with Gasteiger partial charge in [0.05, 0.1) is 43.4 Å². The Labute approximate surface area is 145 Å². The Morgan fingerprint density at radius 1 is 1.24 bits per heavy atom. The zero-order chi connectivity index (χ0) is 17.2. The lowest BCUT2D eigenvalue weighted by Gasteiger charge is -2.28. The van der Waals surface area contributed by atoms with Crippen molar-refractivity contribution in [1.82, 2.24) is 0 Å². The van der Waals surface area contributed by atoms with Crippen molar-refractivity contribution < 1.29 is 23.8 Å². The van der Waals surface area contributed by atoms with Crippen LogP contribution in [0.15, 0.2) is 36.4 Å². The Morgan fingerprint density at radius 3 is 2.72 bits per heavy atom. The van der Waals surface area contributed by atoms with Gasteiger partial charge < -0.3 is 14.2 Å². The summed E-state index contributed by atoms with van der Waals surface area (Å²) in [6, 6.07) is 7.44. The van der Waals surface area contributed by atoms with E-state index >= 15 is 0 Å². The maximum Gasteiger partial charge on any atom is 0.241 e. The fourth-order valence-corrected chi connectivity index (χ4v) is 4.13. The first-order valence-corrected chi connectivity index (χ1v) is 8.60. The van der Waals surface area contributed by atoms with E-state index in [1.807, 2.05) is 43.3 Å². The van der Waals surface area contributed by atoms with Crippen LogP contribution in [0, 0.1) is 18.8 Å². The molecule has 25 heavy (non-hydrogen) atoms. The quantitative estimate of drug-likeness (QED) is 0.458. The number of anilines is 1. The lowest BCUT2D eigenvalue weighted by Crippen LogP contribution is -2.44. The second-order valence-electron chi connectivity index (χ2n) is 7.22. The number of hydrogen-bond acceptors (Lipinski definition) is 5.